The van der Waals surface area contributed by atoms with Gasteiger partial charge in [0, 0.05) is 31.5 Å². The number of ether oxygens (including phenoxy) is 4. The second-order valence-corrected chi connectivity index (χ2v) is 6.05. The maximum absolute atomic E-state index is 12.3. The molecule has 0 saturated carbocycles. The van der Waals surface area contributed by atoms with E-state index in [-0.39, 0.29) is 11.0 Å². The fourth-order valence-electron chi connectivity index (χ4n) is 2.19. The first-order valence-electron chi connectivity index (χ1n) is 8.68. The van der Waals surface area contributed by atoms with Gasteiger partial charge in [-0.05, 0) is 48.6 Å². The molecule has 0 bridgehead atoms. The predicted octanol–water partition coefficient (Wildman–Crippen LogP) is 2.86. The molecule has 2 rings (SSSR count). The Labute approximate surface area is 169 Å². The minimum atomic E-state index is -0.312. The normalized spacial score (nSPS) is 10.2. The Kier molecular flexibility index (Phi) is 9.20. The van der Waals surface area contributed by atoms with E-state index in [1.54, 1.807) is 44.6 Å². The number of carbonyl (C=O) groups is 1. The summed E-state index contributed by atoms with van der Waals surface area (Å²) < 4.78 is 20.9. The van der Waals surface area contributed by atoms with Gasteiger partial charge in [-0.2, -0.15) is 0 Å². The summed E-state index contributed by atoms with van der Waals surface area (Å²) in [6.07, 6.45) is 0. The average molecular weight is 404 g/mol. The molecule has 150 valence electrons. The highest BCUT2D eigenvalue weighted by atomic mass is 32.1. The Morgan fingerprint density at radius 1 is 0.893 bits per heavy atom. The average Bonchev–Trinajstić information content (AvgIpc) is 2.69. The largest absolute Gasteiger partial charge is 0.491 e. The number of rotatable bonds is 10. The molecule has 28 heavy (non-hydrogen) atoms. The molecule has 0 aromatic heterocycles. The van der Waals surface area contributed by atoms with Gasteiger partial charge < -0.3 is 24.3 Å². The van der Waals surface area contributed by atoms with Crippen molar-refractivity contribution in [2.75, 3.05) is 46.0 Å². The van der Waals surface area contributed by atoms with Gasteiger partial charge in [0.25, 0.3) is 5.91 Å². The van der Waals surface area contributed by atoms with Gasteiger partial charge in [0.15, 0.2) is 5.11 Å². The van der Waals surface area contributed by atoms with Crippen molar-refractivity contribution in [2.45, 2.75) is 0 Å². The third-order valence-corrected chi connectivity index (χ3v) is 3.75. The quantitative estimate of drug-likeness (QED) is 0.466. The number of carbonyl (C=O) groups excluding carboxylic acids is 1. The van der Waals surface area contributed by atoms with Gasteiger partial charge in [0.1, 0.15) is 24.7 Å². The second-order valence-electron chi connectivity index (χ2n) is 5.64. The van der Waals surface area contributed by atoms with Gasteiger partial charge >= 0.3 is 0 Å². The van der Waals surface area contributed by atoms with Crippen LogP contribution in [0.5, 0.6) is 11.5 Å². The summed E-state index contributed by atoms with van der Waals surface area (Å²) in [6, 6.07) is 14.1. The summed E-state index contributed by atoms with van der Waals surface area (Å²) in [5, 5.41) is 5.81. The Balaban J connectivity index is 1.85. The highest BCUT2D eigenvalue weighted by Gasteiger charge is 2.09. The van der Waals surface area contributed by atoms with Crippen molar-refractivity contribution in [3.63, 3.8) is 0 Å². The van der Waals surface area contributed by atoms with Gasteiger partial charge in [0.2, 0.25) is 0 Å². The maximum atomic E-state index is 12.3. The first kappa shape index (κ1) is 21.6. The number of amides is 1. The summed E-state index contributed by atoms with van der Waals surface area (Å²) in [4.78, 5) is 12.3. The predicted molar refractivity (Wildman–Crippen MR) is 111 cm³/mol. The lowest BCUT2D eigenvalue weighted by Crippen LogP contribution is -2.34. The highest BCUT2D eigenvalue weighted by Crippen LogP contribution is 2.17. The second kappa shape index (κ2) is 11.9. The third kappa shape index (κ3) is 7.51. The molecule has 0 radical (unpaired) electrons. The molecule has 2 N–H and O–H groups in total. The third-order valence-electron chi connectivity index (χ3n) is 3.55. The molecule has 1 amide bonds. The minimum absolute atomic E-state index is 0.194. The van der Waals surface area contributed by atoms with Crippen LogP contribution in [0.3, 0.4) is 0 Å². The zero-order valence-corrected chi connectivity index (χ0v) is 16.7. The Bertz CT molecular complexity index is 767. The van der Waals surface area contributed by atoms with E-state index in [0.717, 1.165) is 0 Å². The Hall–Kier alpha value is -2.68. The van der Waals surface area contributed by atoms with Crippen molar-refractivity contribution in [3.05, 3.63) is 54.1 Å². The number of thiocarbonyl (C=S) groups is 1. The Morgan fingerprint density at radius 2 is 1.54 bits per heavy atom. The first-order valence-corrected chi connectivity index (χ1v) is 9.09. The van der Waals surface area contributed by atoms with Gasteiger partial charge in [-0.3, -0.25) is 10.1 Å². The van der Waals surface area contributed by atoms with Crippen LogP contribution in [0, 0.1) is 0 Å². The summed E-state index contributed by atoms with van der Waals surface area (Å²) in [6.45, 7) is 1.90. The molecule has 0 aliphatic carbocycles. The van der Waals surface area contributed by atoms with E-state index in [2.05, 4.69) is 10.6 Å². The van der Waals surface area contributed by atoms with Crippen LogP contribution in [0.15, 0.2) is 48.5 Å². The van der Waals surface area contributed by atoms with Crippen molar-refractivity contribution in [3.8, 4) is 11.5 Å². The molecular weight excluding hydrogens is 380 g/mol. The lowest BCUT2D eigenvalue weighted by atomic mass is 10.2. The maximum Gasteiger partial charge on any atom is 0.257 e. The zero-order chi connectivity index (χ0) is 20.2. The van der Waals surface area contributed by atoms with E-state index in [1.165, 1.54) is 0 Å². The van der Waals surface area contributed by atoms with Crippen molar-refractivity contribution in [1.29, 1.82) is 0 Å². The number of hydrogen-bond donors (Lipinski definition) is 2. The molecule has 0 spiro atoms. The van der Waals surface area contributed by atoms with Gasteiger partial charge in [0.05, 0.1) is 13.2 Å². The van der Waals surface area contributed by atoms with Gasteiger partial charge in [-0.1, -0.05) is 6.07 Å². The number of nitrogens with one attached hydrogen (secondary N) is 2. The van der Waals surface area contributed by atoms with Crippen molar-refractivity contribution >= 4 is 28.9 Å². The molecular formula is C20H24N2O5S. The smallest absolute Gasteiger partial charge is 0.257 e. The van der Waals surface area contributed by atoms with Gasteiger partial charge in [-0.25, -0.2) is 0 Å². The molecule has 0 unspecified atom stereocenters. The molecule has 0 aliphatic heterocycles. The van der Waals surface area contributed by atoms with E-state index in [1.807, 2.05) is 18.2 Å². The number of hydrogen-bond acceptors (Lipinski definition) is 6. The first-order chi connectivity index (χ1) is 13.6. The topological polar surface area (TPSA) is 78.1 Å². The minimum Gasteiger partial charge on any atom is -0.491 e. The zero-order valence-electron chi connectivity index (χ0n) is 15.9. The van der Waals surface area contributed by atoms with E-state index < -0.39 is 0 Å². The van der Waals surface area contributed by atoms with Crippen LogP contribution in [-0.2, 0) is 9.47 Å². The van der Waals surface area contributed by atoms with Crippen molar-refractivity contribution in [1.82, 2.24) is 5.32 Å². The summed E-state index contributed by atoms with van der Waals surface area (Å²) in [5.74, 6) is 1.04. The highest BCUT2D eigenvalue weighted by molar-refractivity contribution is 7.80. The molecule has 0 fully saturated rings. The molecule has 0 saturated heterocycles. The van der Waals surface area contributed by atoms with Crippen LogP contribution in [0.25, 0.3) is 0 Å². The molecule has 7 nitrogen and oxygen atoms in total. The lowest BCUT2D eigenvalue weighted by molar-refractivity contribution is 0.0977. The fourth-order valence-corrected chi connectivity index (χ4v) is 2.40. The van der Waals surface area contributed by atoms with Crippen LogP contribution in [0.2, 0.25) is 0 Å². The number of anilines is 1. The summed E-state index contributed by atoms with van der Waals surface area (Å²) >= 11 is 5.22. The molecule has 8 heteroatoms. The summed E-state index contributed by atoms with van der Waals surface area (Å²) in [7, 11) is 3.23. The fraction of sp³-hybridized carbons (Fsp3) is 0.300. The standard InChI is InChI=1S/C20H24N2O5S/c1-24-10-12-26-17-8-6-15(7-9-17)19(23)22-20(28)21-16-4-3-5-18(14-16)27-13-11-25-2/h3-9,14H,10-13H2,1-2H3,(H2,21,22,23,28). The molecule has 0 atom stereocenters. The lowest BCUT2D eigenvalue weighted by Gasteiger charge is -2.12. The van der Waals surface area contributed by atoms with E-state index in [0.29, 0.717) is 49.2 Å². The molecule has 2 aromatic carbocycles. The van der Waals surface area contributed by atoms with Crippen molar-refractivity contribution in [2.24, 2.45) is 0 Å². The SMILES string of the molecule is COCCOc1ccc(C(=O)NC(=S)Nc2cccc(OCCOC)c2)cc1. The number of benzene rings is 2. The van der Waals surface area contributed by atoms with E-state index >= 15 is 0 Å². The van der Waals surface area contributed by atoms with Crippen LogP contribution < -0.4 is 20.1 Å². The molecule has 2 aromatic rings. The van der Waals surface area contributed by atoms with E-state index in [4.69, 9.17) is 31.2 Å². The van der Waals surface area contributed by atoms with E-state index in [9.17, 15) is 4.79 Å². The molecule has 0 heterocycles. The van der Waals surface area contributed by atoms with Crippen LogP contribution >= 0.6 is 12.2 Å². The number of methoxy groups -OCH3 is 2. The van der Waals surface area contributed by atoms with Crippen LogP contribution in [0.1, 0.15) is 10.4 Å². The van der Waals surface area contributed by atoms with Crippen LogP contribution in [0.4, 0.5) is 5.69 Å². The molecule has 0 aliphatic rings. The monoisotopic (exact) mass is 404 g/mol. The van der Waals surface area contributed by atoms with Crippen LogP contribution in [-0.4, -0.2) is 51.7 Å². The van der Waals surface area contributed by atoms with Crippen molar-refractivity contribution < 1.29 is 23.7 Å². The Morgan fingerprint density at radius 3 is 2.18 bits per heavy atom. The summed E-state index contributed by atoms with van der Waals surface area (Å²) in [5.41, 5.74) is 1.18. The van der Waals surface area contributed by atoms with Gasteiger partial charge in [-0.15, -0.1) is 0 Å².